The first-order valence-electron chi connectivity index (χ1n) is 9.07. The Morgan fingerprint density at radius 3 is 2.60 bits per heavy atom. The van der Waals surface area contributed by atoms with Gasteiger partial charge >= 0.3 is 0 Å². The minimum absolute atomic E-state index is 0.131. The molecule has 0 radical (unpaired) electrons. The van der Waals surface area contributed by atoms with Crippen LogP contribution in [0.5, 0.6) is 0 Å². The standard InChI is InChI=1S/C19H27BrFN3O/c1-14-11-17(14)19(25)24(10-9-23-7-5-22(2)6-8-23)13-15-3-4-16(20)12-18(15)21/h3-4,12,14,17H,5-11,13H2,1-2H3/t14-,17+/m1/s1. The largest absolute Gasteiger partial charge is 0.337 e. The second-order valence-corrected chi connectivity index (χ2v) is 8.38. The van der Waals surface area contributed by atoms with E-state index in [2.05, 4.69) is 39.7 Å². The molecule has 1 aliphatic carbocycles. The lowest BCUT2D eigenvalue weighted by atomic mass is 10.1. The van der Waals surface area contributed by atoms with E-state index in [1.165, 1.54) is 6.07 Å². The number of amides is 1. The van der Waals surface area contributed by atoms with E-state index in [9.17, 15) is 9.18 Å². The molecule has 1 aliphatic heterocycles. The molecule has 2 atom stereocenters. The van der Waals surface area contributed by atoms with Gasteiger partial charge in [-0.25, -0.2) is 4.39 Å². The molecule has 0 unspecified atom stereocenters. The molecule has 0 N–H and O–H groups in total. The number of carbonyl (C=O) groups is 1. The summed E-state index contributed by atoms with van der Waals surface area (Å²) in [5.41, 5.74) is 0.586. The Labute approximate surface area is 158 Å². The Morgan fingerprint density at radius 1 is 1.32 bits per heavy atom. The molecular formula is C19H27BrFN3O. The van der Waals surface area contributed by atoms with Crippen molar-refractivity contribution in [3.8, 4) is 0 Å². The number of likely N-dealkylation sites (N-methyl/N-ethyl adjacent to an activating group) is 1. The first-order chi connectivity index (χ1) is 11.9. The Hall–Kier alpha value is -0.980. The van der Waals surface area contributed by atoms with Crippen molar-refractivity contribution in [2.45, 2.75) is 19.9 Å². The molecule has 0 spiro atoms. The van der Waals surface area contributed by atoms with Gasteiger partial charge in [0.15, 0.2) is 0 Å². The molecule has 4 nitrogen and oxygen atoms in total. The summed E-state index contributed by atoms with van der Waals surface area (Å²) in [5, 5.41) is 0. The van der Waals surface area contributed by atoms with Crippen molar-refractivity contribution in [3.05, 3.63) is 34.1 Å². The van der Waals surface area contributed by atoms with Crippen molar-refractivity contribution in [3.63, 3.8) is 0 Å². The molecule has 2 fully saturated rings. The van der Waals surface area contributed by atoms with E-state index in [0.717, 1.165) is 43.6 Å². The normalized spacial score (nSPS) is 24.3. The van der Waals surface area contributed by atoms with Gasteiger partial charge in [0.25, 0.3) is 0 Å². The molecular weight excluding hydrogens is 385 g/mol. The molecule has 6 heteroatoms. The average Bonchev–Trinajstić information content (AvgIpc) is 3.31. The minimum atomic E-state index is -0.254. The third-order valence-corrected chi connectivity index (χ3v) is 5.89. The minimum Gasteiger partial charge on any atom is -0.337 e. The summed E-state index contributed by atoms with van der Waals surface area (Å²) in [4.78, 5) is 19.4. The van der Waals surface area contributed by atoms with Crippen LogP contribution >= 0.6 is 15.9 Å². The van der Waals surface area contributed by atoms with Crippen molar-refractivity contribution >= 4 is 21.8 Å². The highest BCUT2D eigenvalue weighted by Gasteiger charge is 2.41. The van der Waals surface area contributed by atoms with Crippen LogP contribution in [0.1, 0.15) is 18.9 Å². The predicted molar refractivity (Wildman–Crippen MR) is 101 cm³/mol. The maximum Gasteiger partial charge on any atom is 0.226 e. The molecule has 2 aliphatic rings. The Kier molecular flexibility index (Phi) is 6.12. The van der Waals surface area contributed by atoms with Crippen molar-refractivity contribution in [2.75, 3.05) is 46.3 Å². The quantitative estimate of drug-likeness (QED) is 0.719. The number of nitrogens with zero attached hydrogens (tertiary/aromatic N) is 3. The third kappa shape index (κ3) is 5.02. The molecule has 3 rings (SSSR count). The maximum atomic E-state index is 14.2. The zero-order valence-electron chi connectivity index (χ0n) is 15.0. The van der Waals surface area contributed by atoms with Gasteiger partial charge in [0.05, 0.1) is 0 Å². The number of hydrogen-bond acceptors (Lipinski definition) is 3. The molecule has 1 heterocycles. The predicted octanol–water partition coefficient (Wildman–Crippen LogP) is 2.82. The molecule has 0 bridgehead atoms. The van der Waals surface area contributed by atoms with E-state index in [-0.39, 0.29) is 17.6 Å². The highest BCUT2D eigenvalue weighted by atomic mass is 79.9. The van der Waals surface area contributed by atoms with Crippen LogP contribution in [0.2, 0.25) is 0 Å². The highest BCUT2D eigenvalue weighted by Crippen LogP contribution is 2.39. The van der Waals surface area contributed by atoms with Crippen LogP contribution in [-0.2, 0) is 11.3 Å². The monoisotopic (exact) mass is 411 g/mol. The van der Waals surface area contributed by atoms with Crippen LogP contribution in [0.3, 0.4) is 0 Å². The number of carbonyl (C=O) groups excluding carboxylic acids is 1. The van der Waals surface area contributed by atoms with Crippen LogP contribution < -0.4 is 0 Å². The fraction of sp³-hybridized carbons (Fsp3) is 0.632. The maximum absolute atomic E-state index is 14.2. The first kappa shape index (κ1) is 18.8. The number of piperazine rings is 1. The van der Waals surface area contributed by atoms with E-state index >= 15 is 0 Å². The van der Waals surface area contributed by atoms with Crippen molar-refractivity contribution in [1.29, 1.82) is 0 Å². The Bertz CT molecular complexity index is 619. The van der Waals surface area contributed by atoms with E-state index in [1.807, 2.05) is 11.0 Å². The number of rotatable bonds is 6. The van der Waals surface area contributed by atoms with Gasteiger partial charge in [-0.2, -0.15) is 0 Å². The van der Waals surface area contributed by atoms with Gasteiger partial charge < -0.3 is 9.80 Å². The second-order valence-electron chi connectivity index (χ2n) is 7.46. The van der Waals surface area contributed by atoms with E-state index in [0.29, 0.717) is 24.6 Å². The van der Waals surface area contributed by atoms with Crippen LogP contribution in [-0.4, -0.2) is 66.9 Å². The van der Waals surface area contributed by atoms with Crippen molar-refractivity contribution in [2.24, 2.45) is 11.8 Å². The average molecular weight is 412 g/mol. The van der Waals surface area contributed by atoms with Gasteiger partial charge in [0, 0.05) is 61.8 Å². The van der Waals surface area contributed by atoms with Gasteiger partial charge in [-0.05, 0) is 31.5 Å². The van der Waals surface area contributed by atoms with E-state index in [1.54, 1.807) is 6.07 Å². The molecule has 25 heavy (non-hydrogen) atoms. The number of hydrogen-bond donors (Lipinski definition) is 0. The fourth-order valence-electron chi connectivity index (χ4n) is 3.36. The smallest absolute Gasteiger partial charge is 0.226 e. The van der Waals surface area contributed by atoms with Crippen molar-refractivity contribution < 1.29 is 9.18 Å². The summed E-state index contributed by atoms with van der Waals surface area (Å²) in [6, 6.07) is 5.07. The number of benzene rings is 1. The molecule has 1 aromatic rings. The summed E-state index contributed by atoms with van der Waals surface area (Å²) in [7, 11) is 2.14. The topological polar surface area (TPSA) is 26.8 Å². The lowest BCUT2D eigenvalue weighted by Gasteiger charge is -2.34. The number of halogens is 2. The molecule has 138 valence electrons. The molecule has 1 saturated heterocycles. The molecule has 1 saturated carbocycles. The third-order valence-electron chi connectivity index (χ3n) is 5.40. The summed E-state index contributed by atoms with van der Waals surface area (Å²) in [6.07, 6.45) is 0.965. The fourth-order valence-corrected chi connectivity index (χ4v) is 3.69. The van der Waals surface area contributed by atoms with Crippen molar-refractivity contribution in [1.82, 2.24) is 14.7 Å². The van der Waals surface area contributed by atoms with Gasteiger partial charge in [0.1, 0.15) is 5.82 Å². The summed E-state index contributed by atoms with van der Waals surface area (Å²) in [6.45, 7) is 8.19. The van der Waals surface area contributed by atoms with Crippen LogP contribution in [0.15, 0.2) is 22.7 Å². The van der Waals surface area contributed by atoms with Gasteiger partial charge in [-0.1, -0.05) is 28.9 Å². The van der Waals surface area contributed by atoms with Crippen LogP contribution in [0.25, 0.3) is 0 Å². The summed E-state index contributed by atoms with van der Waals surface area (Å²) >= 11 is 3.29. The lowest BCUT2D eigenvalue weighted by molar-refractivity contribution is -0.133. The van der Waals surface area contributed by atoms with E-state index in [4.69, 9.17) is 0 Å². The van der Waals surface area contributed by atoms with E-state index < -0.39 is 0 Å². The zero-order chi connectivity index (χ0) is 18.0. The summed E-state index contributed by atoms with van der Waals surface area (Å²) in [5.74, 6) is 0.527. The Morgan fingerprint density at radius 2 is 2.00 bits per heavy atom. The molecule has 1 aromatic carbocycles. The zero-order valence-corrected chi connectivity index (χ0v) is 16.6. The van der Waals surface area contributed by atoms with Crippen LogP contribution in [0, 0.1) is 17.7 Å². The highest BCUT2D eigenvalue weighted by molar-refractivity contribution is 9.10. The molecule has 1 amide bonds. The summed E-state index contributed by atoms with van der Waals surface area (Å²) < 4.78 is 14.9. The van der Waals surface area contributed by atoms with Gasteiger partial charge in [-0.3, -0.25) is 9.69 Å². The van der Waals surface area contributed by atoms with Gasteiger partial charge in [0.2, 0.25) is 5.91 Å². The second kappa shape index (κ2) is 8.14. The van der Waals surface area contributed by atoms with Crippen LogP contribution in [0.4, 0.5) is 4.39 Å². The first-order valence-corrected chi connectivity index (χ1v) is 9.87. The SMILES string of the molecule is C[C@@H]1C[C@@H]1C(=O)N(CCN1CCN(C)CC1)Cc1ccc(Br)cc1F. The molecule has 0 aromatic heterocycles. The lowest BCUT2D eigenvalue weighted by Crippen LogP contribution is -2.47. The van der Waals surface area contributed by atoms with Gasteiger partial charge in [-0.15, -0.1) is 0 Å². The Balaban J connectivity index is 1.63.